The van der Waals surface area contributed by atoms with Gasteiger partial charge in [0, 0.05) is 18.1 Å². The molecule has 0 fully saturated rings. The first-order valence-electron chi connectivity index (χ1n) is 5.81. The molecular weight excluding hydrogens is 224 g/mol. The number of nitrogens with zero attached hydrogens (tertiary/aromatic N) is 2. The molecule has 0 aliphatic carbocycles. The fourth-order valence-electron chi connectivity index (χ4n) is 1.63. The van der Waals surface area contributed by atoms with Crippen LogP contribution in [0.2, 0.25) is 0 Å². The van der Waals surface area contributed by atoms with Gasteiger partial charge < -0.3 is 11.1 Å². The minimum atomic E-state index is 0.00390. The molecule has 0 saturated heterocycles. The molecular formula is C14H16N4. The van der Waals surface area contributed by atoms with Crippen molar-refractivity contribution in [3.05, 3.63) is 60.4 Å². The Kier molecular flexibility index (Phi) is 3.91. The Balaban J connectivity index is 2.05. The minimum absolute atomic E-state index is 0.00390. The number of nitrogens with one attached hydrogen (secondary N) is 1. The summed E-state index contributed by atoms with van der Waals surface area (Å²) in [5, 5.41) is 3.05. The molecule has 2 aromatic rings. The molecule has 1 heterocycles. The van der Waals surface area contributed by atoms with Gasteiger partial charge in [-0.2, -0.15) is 0 Å². The highest BCUT2D eigenvalue weighted by Crippen LogP contribution is 2.15. The number of hydrogen-bond acceptors (Lipinski definition) is 2. The average Bonchev–Trinajstić information content (AvgIpc) is 2.40. The summed E-state index contributed by atoms with van der Waals surface area (Å²) in [7, 11) is 0. The summed E-state index contributed by atoms with van der Waals surface area (Å²) in [6.45, 7) is 1.99. The first kappa shape index (κ1) is 12.1. The zero-order valence-electron chi connectivity index (χ0n) is 10.2. The number of rotatable bonds is 3. The van der Waals surface area contributed by atoms with Crippen LogP contribution < -0.4 is 11.1 Å². The molecule has 4 nitrogen and oxygen atoms in total. The van der Waals surface area contributed by atoms with Gasteiger partial charge in [0.25, 0.3) is 0 Å². The van der Waals surface area contributed by atoms with Crippen LogP contribution in [0.15, 0.2) is 59.9 Å². The van der Waals surface area contributed by atoms with Crippen molar-refractivity contribution in [3.63, 3.8) is 0 Å². The second-order valence-electron chi connectivity index (χ2n) is 3.96. The highest BCUT2D eigenvalue weighted by Gasteiger charge is 2.03. The maximum atomic E-state index is 5.87. The predicted molar refractivity (Wildman–Crippen MR) is 74.3 cm³/mol. The molecule has 3 N–H and O–H groups in total. The van der Waals surface area contributed by atoms with E-state index in [4.69, 9.17) is 5.73 Å². The molecule has 18 heavy (non-hydrogen) atoms. The van der Waals surface area contributed by atoms with Gasteiger partial charge in [-0.25, -0.2) is 4.99 Å². The van der Waals surface area contributed by atoms with E-state index in [0.717, 1.165) is 11.3 Å². The van der Waals surface area contributed by atoms with Crippen LogP contribution in [0.4, 0.5) is 5.69 Å². The number of nitrogens with two attached hydrogens (primary N) is 1. The van der Waals surface area contributed by atoms with E-state index in [0.29, 0.717) is 5.96 Å². The molecule has 1 atom stereocenters. The monoisotopic (exact) mass is 240 g/mol. The van der Waals surface area contributed by atoms with Gasteiger partial charge in [0.15, 0.2) is 5.96 Å². The lowest BCUT2D eigenvalue weighted by Crippen LogP contribution is -2.23. The Morgan fingerprint density at radius 2 is 1.83 bits per heavy atom. The second kappa shape index (κ2) is 5.82. The third kappa shape index (κ3) is 3.31. The van der Waals surface area contributed by atoms with Gasteiger partial charge in [-0.05, 0) is 36.8 Å². The van der Waals surface area contributed by atoms with Crippen LogP contribution in [0.1, 0.15) is 18.5 Å². The zero-order chi connectivity index (χ0) is 12.8. The smallest absolute Gasteiger partial charge is 0.193 e. The van der Waals surface area contributed by atoms with Gasteiger partial charge in [0.2, 0.25) is 0 Å². The van der Waals surface area contributed by atoms with Crippen LogP contribution in [0.3, 0.4) is 0 Å². The molecule has 0 amide bonds. The number of anilines is 1. The highest BCUT2D eigenvalue weighted by molar-refractivity contribution is 5.92. The van der Waals surface area contributed by atoms with Crippen molar-refractivity contribution in [2.75, 3.05) is 5.32 Å². The van der Waals surface area contributed by atoms with Gasteiger partial charge in [-0.3, -0.25) is 4.98 Å². The predicted octanol–water partition coefficient (Wildman–Crippen LogP) is 2.57. The van der Waals surface area contributed by atoms with E-state index in [2.05, 4.69) is 15.3 Å². The normalized spacial score (nSPS) is 13.1. The Bertz CT molecular complexity index is 508. The van der Waals surface area contributed by atoms with Gasteiger partial charge in [0.05, 0.1) is 6.04 Å². The standard InChI is InChI=1S/C14H16N4/c1-11(12-7-9-16-10-8-12)17-14(15)18-13-5-3-2-4-6-13/h2-11H,1H3,(H3,15,17,18). The molecule has 0 radical (unpaired) electrons. The van der Waals surface area contributed by atoms with E-state index in [-0.39, 0.29) is 6.04 Å². The lowest BCUT2D eigenvalue weighted by Gasteiger charge is -2.10. The first-order valence-corrected chi connectivity index (χ1v) is 5.81. The molecule has 1 aromatic carbocycles. The van der Waals surface area contributed by atoms with E-state index in [1.807, 2.05) is 49.4 Å². The first-order chi connectivity index (χ1) is 8.75. The molecule has 0 bridgehead atoms. The Hall–Kier alpha value is -2.36. The van der Waals surface area contributed by atoms with Crippen molar-refractivity contribution in [1.29, 1.82) is 0 Å². The number of aliphatic imine (C=N–C) groups is 1. The van der Waals surface area contributed by atoms with E-state index >= 15 is 0 Å². The Morgan fingerprint density at radius 3 is 2.50 bits per heavy atom. The maximum absolute atomic E-state index is 5.87. The largest absolute Gasteiger partial charge is 0.370 e. The number of hydrogen-bond donors (Lipinski definition) is 2. The second-order valence-corrected chi connectivity index (χ2v) is 3.96. The van der Waals surface area contributed by atoms with Crippen LogP contribution in [-0.2, 0) is 0 Å². The van der Waals surface area contributed by atoms with Crippen molar-refractivity contribution >= 4 is 11.6 Å². The van der Waals surface area contributed by atoms with Crippen molar-refractivity contribution < 1.29 is 0 Å². The Labute approximate surface area is 107 Å². The fraction of sp³-hybridized carbons (Fsp3) is 0.143. The summed E-state index contributed by atoms with van der Waals surface area (Å²) in [6, 6.07) is 13.6. The fourth-order valence-corrected chi connectivity index (χ4v) is 1.63. The van der Waals surface area contributed by atoms with Crippen LogP contribution in [0.5, 0.6) is 0 Å². The van der Waals surface area contributed by atoms with Crippen LogP contribution in [0.25, 0.3) is 0 Å². The molecule has 0 saturated carbocycles. The number of para-hydroxylation sites is 1. The van der Waals surface area contributed by atoms with Crippen molar-refractivity contribution in [1.82, 2.24) is 4.98 Å². The van der Waals surface area contributed by atoms with Crippen LogP contribution in [0, 0.1) is 0 Å². The number of guanidine groups is 1. The summed E-state index contributed by atoms with van der Waals surface area (Å²) < 4.78 is 0. The third-order valence-corrected chi connectivity index (χ3v) is 2.57. The van der Waals surface area contributed by atoms with Crippen LogP contribution in [-0.4, -0.2) is 10.9 Å². The van der Waals surface area contributed by atoms with Gasteiger partial charge >= 0.3 is 0 Å². The molecule has 1 aromatic heterocycles. The van der Waals surface area contributed by atoms with E-state index in [9.17, 15) is 0 Å². The number of pyridine rings is 1. The Morgan fingerprint density at radius 1 is 1.17 bits per heavy atom. The molecule has 92 valence electrons. The minimum Gasteiger partial charge on any atom is -0.370 e. The van der Waals surface area contributed by atoms with Crippen LogP contribution >= 0.6 is 0 Å². The lowest BCUT2D eigenvalue weighted by molar-refractivity contribution is 0.815. The summed E-state index contributed by atoms with van der Waals surface area (Å²) in [5.74, 6) is 0.408. The summed E-state index contributed by atoms with van der Waals surface area (Å²) >= 11 is 0. The zero-order valence-corrected chi connectivity index (χ0v) is 10.2. The highest BCUT2D eigenvalue weighted by atomic mass is 15.1. The van der Waals surface area contributed by atoms with Crippen molar-refractivity contribution in [3.8, 4) is 0 Å². The topological polar surface area (TPSA) is 63.3 Å². The quantitative estimate of drug-likeness (QED) is 0.640. The van der Waals surface area contributed by atoms with E-state index < -0.39 is 0 Å². The molecule has 0 aliphatic heterocycles. The molecule has 0 spiro atoms. The van der Waals surface area contributed by atoms with E-state index in [1.165, 1.54) is 0 Å². The molecule has 2 rings (SSSR count). The number of benzene rings is 1. The summed E-state index contributed by atoms with van der Waals surface area (Å²) in [5.41, 5.74) is 7.88. The third-order valence-electron chi connectivity index (χ3n) is 2.57. The van der Waals surface area contributed by atoms with Gasteiger partial charge in [0.1, 0.15) is 0 Å². The molecule has 0 aliphatic rings. The average molecular weight is 240 g/mol. The summed E-state index contributed by atoms with van der Waals surface area (Å²) in [4.78, 5) is 8.38. The molecule has 1 unspecified atom stereocenters. The summed E-state index contributed by atoms with van der Waals surface area (Å²) in [6.07, 6.45) is 3.50. The number of aromatic nitrogens is 1. The van der Waals surface area contributed by atoms with Crippen molar-refractivity contribution in [2.45, 2.75) is 13.0 Å². The van der Waals surface area contributed by atoms with Gasteiger partial charge in [-0.1, -0.05) is 18.2 Å². The maximum Gasteiger partial charge on any atom is 0.193 e. The molecule has 4 heteroatoms. The van der Waals surface area contributed by atoms with E-state index in [1.54, 1.807) is 12.4 Å². The van der Waals surface area contributed by atoms with Gasteiger partial charge in [-0.15, -0.1) is 0 Å². The SMILES string of the molecule is CC(N=C(N)Nc1ccccc1)c1ccncc1. The van der Waals surface area contributed by atoms with Crippen molar-refractivity contribution in [2.24, 2.45) is 10.7 Å². The lowest BCUT2D eigenvalue weighted by atomic mass is 10.1.